The van der Waals surface area contributed by atoms with Gasteiger partial charge in [-0.05, 0) is 38.5 Å². The van der Waals surface area contributed by atoms with Crippen molar-refractivity contribution in [1.29, 1.82) is 0 Å². The Morgan fingerprint density at radius 3 is 2.44 bits per heavy atom. The first kappa shape index (κ1) is 18.3. The van der Waals surface area contributed by atoms with Gasteiger partial charge in [0, 0.05) is 5.69 Å². The molecular weight excluding hydrogens is 330 g/mol. The highest BCUT2D eigenvalue weighted by Gasteiger charge is 2.24. The van der Waals surface area contributed by atoms with Crippen molar-refractivity contribution in [3.05, 3.63) is 46.2 Å². The molecule has 0 aliphatic rings. The Balaban J connectivity index is 2.10. The van der Waals surface area contributed by atoms with E-state index < -0.39 is 17.9 Å². The first-order valence-electron chi connectivity index (χ1n) is 7.59. The molecule has 0 aromatic carbocycles. The van der Waals surface area contributed by atoms with Crippen molar-refractivity contribution in [3.63, 3.8) is 0 Å². The molecule has 0 radical (unpaired) electrons. The maximum atomic E-state index is 12.3. The van der Waals surface area contributed by atoms with E-state index in [0.717, 1.165) is 0 Å². The number of aryl methyl sites for hydroxylation is 1. The number of methoxy groups -OCH3 is 1. The molecule has 8 heteroatoms. The summed E-state index contributed by atoms with van der Waals surface area (Å²) in [4.78, 5) is 38.4. The van der Waals surface area contributed by atoms with Crippen LogP contribution in [0.5, 0.6) is 0 Å². The number of esters is 3. The minimum atomic E-state index is -0.617. The molecule has 0 aliphatic carbocycles. The Morgan fingerprint density at radius 1 is 1.08 bits per heavy atom. The summed E-state index contributed by atoms with van der Waals surface area (Å²) in [6.45, 7) is 5.07. The third kappa shape index (κ3) is 3.90. The van der Waals surface area contributed by atoms with Crippen LogP contribution >= 0.6 is 0 Å². The molecule has 25 heavy (non-hydrogen) atoms. The smallest absolute Gasteiger partial charge is 0.373 e. The Hall–Kier alpha value is -3.03. The summed E-state index contributed by atoms with van der Waals surface area (Å²) >= 11 is 0. The van der Waals surface area contributed by atoms with Crippen molar-refractivity contribution in [1.82, 2.24) is 4.98 Å². The molecule has 0 unspecified atom stereocenters. The SMILES string of the molecule is CCOC(=O)c1[nH]c(C)c(C(=O)OCc2ccc(C(=O)OC)o2)c1C. The third-order valence-corrected chi connectivity index (χ3v) is 3.51. The molecule has 8 nitrogen and oxygen atoms in total. The highest BCUT2D eigenvalue weighted by Crippen LogP contribution is 2.20. The van der Waals surface area contributed by atoms with Crippen molar-refractivity contribution < 1.29 is 33.0 Å². The van der Waals surface area contributed by atoms with Crippen LogP contribution in [0.3, 0.4) is 0 Å². The largest absolute Gasteiger partial charge is 0.463 e. The van der Waals surface area contributed by atoms with Crippen LogP contribution in [0.4, 0.5) is 0 Å². The zero-order valence-corrected chi connectivity index (χ0v) is 14.4. The fourth-order valence-electron chi connectivity index (χ4n) is 2.34. The number of furan rings is 1. The number of carbonyl (C=O) groups is 3. The molecule has 134 valence electrons. The Labute approximate surface area is 144 Å². The van der Waals surface area contributed by atoms with E-state index in [1.54, 1.807) is 20.8 Å². The van der Waals surface area contributed by atoms with Gasteiger partial charge in [0.15, 0.2) is 0 Å². The molecule has 0 amide bonds. The van der Waals surface area contributed by atoms with Crippen molar-refractivity contribution in [3.8, 4) is 0 Å². The number of H-pyrrole nitrogens is 1. The summed E-state index contributed by atoms with van der Waals surface area (Å²) in [5, 5.41) is 0. The molecule has 0 bridgehead atoms. The van der Waals surface area contributed by atoms with E-state index >= 15 is 0 Å². The van der Waals surface area contributed by atoms with Crippen LogP contribution in [-0.2, 0) is 20.8 Å². The summed E-state index contributed by atoms with van der Waals surface area (Å²) in [6, 6.07) is 2.95. The van der Waals surface area contributed by atoms with E-state index in [-0.39, 0.29) is 30.2 Å². The average molecular weight is 349 g/mol. The zero-order valence-electron chi connectivity index (χ0n) is 14.4. The van der Waals surface area contributed by atoms with Gasteiger partial charge in [0.05, 0.1) is 19.3 Å². The second kappa shape index (κ2) is 7.69. The molecular formula is C17H19NO7. The van der Waals surface area contributed by atoms with Crippen molar-refractivity contribution in [2.45, 2.75) is 27.4 Å². The number of rotatable bonds is 6. The van der Waals surface area contributed by atoms with Gasteiger partial charge in [0.25, 0.3) is 0 Å². The van der Waals surface area contributed by atoms with Gasteiger partial charge in [-0.1, -0.05) is 0 Å². The van der Waals surface area contributed by atoms with Gasteiger partial charge in [-0.3, -0.25) is 0 Å². The maximum absolute atomic E-state index is 12.3. The minimum absolute atomic E-state index is 0.0205. The lowest BCUT2D eigenvalue weighted by Crippen LogP contribution is -2.09. The van der Waals surface area contributed by atoms with Crippen LogP contribution in [0, 0.1) is 13.8 Å². The quantitative estimate of drug-likeness (QED) is 0.630. The van der Waals surface area contributed by atoms with Crippen molar-refractivity contribution in [2.75, 3.05) is 13.7 Å². The number of nitrogens with one attached hydrogen (secondary N) is 1. The lowest BCUT2D eigenvalue weighted by Gasteiger charge is -2.04. The van der Waals surface area contributed by atoms with Gasteiger partial charge in [0.2, 0.25) is 5.76 Å². The first-order valence-corrected chi connectivity index (χ1v) is 7.59. The number of ether oxygens (including phenoxy) is 3. The predicted molar refractivity (Wildman–Crippen MR) is 85.4 cm³/mol. The van der Waals surface area contributed by atoms with Gasteiger partial charge in [-0.15, -0.1) is 0 Å². The number of aromatic nitrogens is 1. The second-order valence-corrected chi connectivity index (χ2v) is 5.18. The van der Waals surface area contributed by atoms with Crippen molar-refractivity contribution in [2.24, 2.45) is 0 Å². The molecule has 0 spiro atoms. The van der Waals surface area contributed by atoms with Crippen LogP contribution < -0.4 is 0 Å². The van der Waals surface area contributed by atoms with Crippen LogP contribution in [-0.4, -0.2) is 36.6 Å². The summed E-state index contributed by atoms with van der Waals surface area (Å²) in [6.07, 6.45) is 0. The lowest BCUT2D eigenvalue weighted by molar-refractivity contribution is 0.0437. The number of hydrogen-bond donors (Lipinski definition) is 1. The molecule has 1 N–H and O–H groups in total. The molecule has 0 atom stereocenters. The van der Waals surface area contributed by atoms with Crippen LogP contribution in [0.2, 0.25) is 0 Å². The van der Waals surface area contributed by atoms with Gasteiger partial charge in [0.1, 0.15) is 18.1 Å². The van der Waals surface area contributed by atoms with E-state index in [0.29, 0.717) is 17.0 Å². The Bertz CT molecular complexity index is 800. The maximum Gasteiger partial charge on any atom is 0.373 e. The summed E-state index contributed by atoms with van der Waals surface area (Å²) < 4.78 is 19.9. The summed E-state index contributed by atoms with van der Waals surface area (Å²) in [7, 11) is 1.24. The third-order valence-electron chi connectivity index (χ3n) is 3.51. The van der Waals surface area contributed by atoms with E-state index in [1.165, 1.54) is 19.2 Å². The highest BCUT2D eigenvalue weighted by molar-refractivity contribution is 5.98. The molecule has 0 saturated carbocycles. The van der Waals surface area contributed by atoms with Crippen molar-refractivity contribution >= 4 is 17.9 Å². The molecule has 2 aromatic heterocycles. The highest BCUT2D eigenvalue weighted by atomic mass is 16.6. The van der Waals surface area contributed by atoms with E-state index in [4.69, 9.17) is 13.9 Å². The topological polar surface area (TPSA) is 108 Å². The molecule has 0 fully saturated rings. The second-order valence-electron chi connectivity index (χ2n) is 5.18. The molecule has 0 aliphatic heterocycles. The molecule has 2 rings (SSSR count). The number of carbonyl (C=O) groups excluding carboxylic acids is 3. The van der Waals surface area contributed by atoms with Crippen LogP contribution in [0.25, 0.3) is 0 Å². The normalized spacial score (nSPS) is 10.4. The molecule has 2 heterocycles. The fourth-order valence-corrected chi connectivity index (χ4v) is 2.34. The van der Waals surface area contributed by atoms with Gasteiger partial charge < -0.3 is 23.6 Å². The summed E-state index contributed by atoms with van der Waals surface area (Å²) in [5.41, 5.74) is 1.44. The van der Waals surface area contributed by atoms with Crippen LogP contribution in [0.1, 0.15) is 55.3 Å². The Kier molecular flexibility index (Phi) is 5.63. The minimum Gasteiger partial charge on any atom is -0.463 e. The average Bonchev–Trinajstić information content (AvgIpc) is 3.17. The van der Waals surface area contributed by atoms with Crippen LogP contribution in [0.15, 0.2) is 16.5 Å². The number of hydrogen-bond acceptors (Lipinski definition) is 7. The fraction of sp³-hybridized carbons (Fsp3) is 0.353. The van der Waals surface area contributed by atoms with Gasteiger partial charge in [-0.2, -0.15) is 0 Å². The monoisotopic (exact) mass is 349 g/mol. The zero-order chi connectivity index (χ0) is 18.6. The standard InChI is InChI=1S/C17H19NO7/c1-5-23-17(21)14-9(2)13(10(3)18-14)16(20)24-8-11-6-7-12(25-11)15(19)22-4/h6-7,18H,5,8H2,1-4H3. The number of aromatic amines is 1. The Morgan fingerprint density at radius 2 is 1.80 bits per heavy atom. The molecule has 2 aromatic rings. The van der Waals surface area contributed by atoms with E-state index in [1.807, 2.05) is 0 Å². The van der Waals surface area contributed by atoms with Gasteiger partial charge in [-0.25, -0.2) is 14.4 Å². The predicted octanol–water partition coefficient (Wildman–Crippen LogP) is 2.54. The first-order chi connectivity index (χ1) is 11.9. The van der Waals surface area contributed by atoms with E-state index in [9.17, 15) is 14.4 Å². The lowest BCUT2D eigenvalue weighted by atomic mass is 10.1. The van der Waals surface area contributed by atoms with Gasteiger partial charge >= 0.3 is 17.9 Å². The molecule has 0 saturated heterocycles. The van der Waals surface area contributed by atoms with E-state index in [2.05, 4.69) is 9.72 Å². The summed E-state index contributed by atoms with van der Waals surface area (Å²) in [5.74, 6) is -1.44.